The Morgan fingerprint density at radius 3 is 2.86 bits per heavy atom. The molecule has 0 amide bonds. The molecule has 2 fully saturated rings. The molecule has 0 bridgehead atoms. The molecule has 4 aromatic rings. The Bertz CT molecular complexity index is 1370. The van der Waals surface area contributed by atoms with Crippen molar-refractivity contribution >= 4 is 33.6 Å². The molecule has 35 heavy (non-hydrogen) atoms. The number of hydrogen-bond acceptors (Lipinski definition) is 8. The maximum absolute atomic E-state index is 10.9. The van der Waals surface area contributed by atoms with Crippen molar-refractivity contribution in [3.8, 4) is 5.75 Å². The first-order chi connectivity index (χ1) is 17.1. The lowest BCUT2D eigenvalue weighted by Crippen LogP contribution is -2.20. The third kappa shape index (κ3) is 4.04. The van der Waals surface area contributed by atoms with Gasteiger partial charge in [-0.2, -0.15) is 0 Å². The van der Waals surface area contributed by atoms with Gasteiger partial charge in [-0.3, -0.25) is 0 Å². The summed E-state index contributed by atoms with van der Waals surface area (Å²) >= 11 is 0. The van der Waals surface area contributed by atoms with E-state index in [2.05, 4.69) is 26.5 Å². The molecule has 1 aliphatic heterocycles. The molecule has 0 spiro atoms. The van der Waals surface area contributed by atoms with Gasteiger partial charge in [-0.1, -0.05) is 12.8 Å². The fourth-order valence-corrected chi connectivity index (χ4v) is 5.48. The van der Waals surface area contributed by atoms with E-state index in [0.717, 1.165) is 46.3 Å². The highest BCUT2D eigenvalue weighted by Gasteiger charge is 2.37. The summed E-state index contributed by atoms with van der Waals surface area (Å²) in [4.78, 5) is 13.3. The Morgan fingerprint density at radius 2 is 2.03 bits per heavy atom. The van der Waals surface area contributed by atoms with Crippen LogP contribution >= 0.6 is 0 Å². The van der Waals surface area contributed by atoms with Crippen LogP contribution in [0.2, 0.25) is 0 Å². The monoisotopic (exact) mass is 474 g/mol. The van der Waals surface area contributed by atoms with Crippen molar-refractivity contribution in [2.24, 2.45) is 0 Å². The predicted molar refractivity (Wildman–Crippen MR) is 134 cm³/mol. The van der Waals surface area contributed by atoms with Crippen LogP contribution in [0.15, 0.2) is 42.9 Å². The molecule has 4 N–H and O–H groups in total. The van der Waals surface area contributed by atoms with Gasteiger partial charge >= 0.3 is 0 Å². The van der Waals surface area contributed by atoms with Crippen LogP contribution in [0.25, 0.3) is 21.9 Å². The molecular weight excluding hydrogens is 444 g/mol. The number of aliphatic hydroxyl groups is 1. The number of hydrogen-bond donors (Lipinski definition) is 3. The first kappa shape index (κ1) is 22.1. The molecule has 6 rings (SSSR count). The number of nitrogens with one attached hydrogen (secondary N) is 1. The summed E-state index contributed by atoms with van der Waals surface area (Å²) in [5.41, 5.74) is 9.00. The van der Waals surface area contributed by atoms with Gasteiger partial charge in [0.25, 0.3) is 0 Å². The predicted octanol–water partition coefficient (Wildman–Crippen LogP) is 3.99. The summed E-state index contributed by atoms with van der Waals surface area (Å²) in [6, 6.07) is 9.81. The minimum Gasteiger partial charge on any atom is -0.491 e. The number of rotatable bonds is 6. The maximum Gasteiger partial charge on any atom is 0.161 e. The molecule has 2 aliphatic rings. The SMILES string of the molecule is CNc1ccc2ccc(OC[C@@H]3C[C@@H](O)[C@H](n4cc(C5CCCC5)c5c(N)ncnc54)O3)cc2n1. The van der Waals surface area contributed by atoms with Crippen molar-refractivity contribution in [2.45, 2.75) is 56.5 Å². The zero-order valence-electron chi connectivity index (χ0n) is 19.7. The first-order valence-electron chi connectivity index (χ1n) is 12.3. The molecule has 1 saturated carbocycles. The normalized spacial score (nSPS) is 22.9. The van der Waals surface area contributed by atoms with Gasteiger partial charge in [-0.15, -0.1) is 0 Å². The molecule has 9 nitrogen and oxygen atoms in total. The Hall–Kier alpha value is -3.43. The van der Waals surface area contributed by atoms with E-state index in [4.69, 9.17) is 15.2 Å². The lowest BCUT2D eigenvalue weighted by Gasteiger charge is -2.18. The van der Waals surface area contributed by atoms with Crippen molar-refractivity contribution in [3.05, 3.63) is 48.4 Å². The third-order valence-electron chi connectivity index (χ3n) is 7.26. The summed E-state index contributed by atoms with van der Waals surface area (Å²) in [7, 11) is 1.85. The number of fused-ring (bicyclic) bond motifs is 2. The van der Waals surface area contributed by atoms with Crippen LogP contribution in [0.5, 0.6) is 5.75 Å². The molecule has 182 valence electrons. The summed E-state index contributed by atoms with van der Waals surface area (Å²) in [6.07, 6.45) is 7.23. The van der Waals surface area contributed by atoms with Gasteiger partial charge in [-0.05, 0) is 48.6 Å². The van der Waals surface area contributed by atoms with Crippen molar-refractivity contribution in [3.63, 3.8) is 0 Å². The van der Waals surface area contributed by atoms with E-state index in [0.29, 0.717) is 30.4 Å². The second kappa shape index (κ2) is 8.98. The second-order valence-electron chi connectivity index (χ2n) is 9.49. The molecule has 0 unspecified atom stereocenters. The summed E-state index contributed by atoms with van der Waals surface area (Å²) < 4.78 is 14.3. The topological polar surface area (TPSA) is 120 Å². The highest BCUT2D eigenvalue weighted by atomic mass is 16.6. The molecular formula is C26H30N6O3. The smallest absolute Gasteiger partial charge is 0.161 e. The van der Waals surface area contributed by atoms with Crippen LogP contribution in [-0.2, 0) is 4.74 Å². The van der Waals surface area contributed by atoms with Crippen molar-refractivity contribution in [2.75, 3.05) is 24.7 Å². The van der Waals surface area contributed by atoms with Gasteiger partial charge in [0.2, 0.25) is 0 Å². The van der Waals surface area contributed by atoms with Gasteiger partial charge in [0.05, 0.1) is 17.0 Å². The van der Waals surface area contributed by atoms with Crippen LogP contribution < -0.4 is 15.8 Å². The number of aromatic nitrogens is 4. The van der Waals surface area contributed by atoms with Crippen LogP contribution in [0.1, 0.15) is 49.8 Å². The molecule has 3 aromatic heterocycles. The van der Waals surface area contributed by atoms with Gasteiger partial charge in [0.1, 0.15) is 42.1 Å². The summed E-state index contributed by atoms with van der Waals surface area (Å²) in [6.45, 7) is 0.330. The fourth-order valence-electron chi connectivity index (χ4n) is 5.48. The maximum atomic E-state index is 10.9. The van der Waals surface area contributed by atoms with Crippen molar-refractivity contribution < 1.29 is 14.6 Å². The zero-order chi connectivity index (χ0) is 23.9. The quantitative estimate of drug-likeness (QED) is 0.384. The van der Waals surface area contributed by atoms with Gasteiger partial charge in [-0.25, -0.2) is 15.0 Å². The Labute approximate surface area is 203 Å². The standard InChI is InChI=1S/C26H30N6O3/c1-28-22-9-7-16-6-8-17(10-20(16)31-22)34-13-18-11-21(33)26(35-18)32-12-19(15-4-2-3-5-15)23-24(27)29-14-30-25(23)32/h6-10,12,14-15,18,21,26,33H,2-5,11,13H2,1H3,(H,28,31)(H2,27,29,30)/t18-,21+,26+/m0/s1. The average molecular weight is 475 g/mol. The van der Waals surface area contributed by atoms with E-state index in [1.165, 1.54) is 19.2 Å². The minimum absolute atomic E-state index is 0.256. The van der Waals surface area contributed by atoms with Crippen LogP contribution in [0.4, 0.5) is 11.6 Å². The molecule has 4 heterocycles. The van der Waals surface area contributed by atoms with Gasteiger partial charge in [0.15, 0.2) is 6.23 Å². The average Bonchev–Trinajstić information content (AvgIpc) is 3.61. The number of nitrogen functional groups attached to an aromatic ring is 1. The van der Waals surface area contributed by atoms with Crippen molar-refractivity contribution in [1.29, 1.82) is 0 Å². The fraction of sp³-hybridized carbons (Fsp3) is 0.423. The molecule has 0 radical (unpaired) electrons. The highest BCUT2D eigenvalue weighted by Crippen LogP contribution is 2.42. The van der Waals surface area contributed by atoms with Gasteiger partial charge in [0, 0.05) is 31.1 Å². The van der Waals surface area contributed by atoms with E-state index in [-0.39, 0.29) is 6.10 Å². The highest BCUT2D eigenvalue weighted by molar-refractivity contribution is 5.90. The van der Waals surface area contributed by atoms with E-state index >= 15 is 0 Å². The van der Waals surface area contributed by atoms with E-state index in [1.54, 1.807) is 0 Å². The Morgan fingerprint density at radius 1 is 1.20 bits per heavy atom. The minimum atomic E-state index is -0.678. The Balaban J connectivity index is 1.21. The number of aliphatic hydroxyl groups excluding tert-OH is 1. The van der Waals surface area contributed by atoms with Crippen LogP contribution in [0, 0.1) is 0 Å². The molecule has 1 aliphatic carbocycles. The van der Waals surface area contributed by atoms with Crippen molar-refractivity contribution in [1.82, 2.24) is 19.5 Å². The number of ether oxygens (including phenoxy) is 2. The number of pyridine rings is 1. The second-order valence-corrected chi connectivity index (χ2v) is 9.49. The molecule has 3 atom stereocenters. The number of nitrogens with two attached hydrogens (primary N) is 1. The lowest BCUT2D eigenvalue weighted by molar-refractivity contribution is -0.0455. The number of anilines is 2. The molecule has 1 aromatic carbocycles. The number of benzene rings is 1. The molecule has 9 heteroatoms. The summed E-state index contributed by atoms with van der Waals surface area (Å²) in [5.74, 6) is 2.44. The van der Waals surface area contributed by atoms with Crippen LogP contribution in [0.3, 0.4) is 0 Å². The first-order valence-corrected chi connectivity index (χ1v) is 12.3. The summed E-state index contributed by atoms with van der Waals surface area (Å²) in [5, 5.41) is 15.9. The zero-order valence-corrected chi connectivity index (χ0v) is 19.7. The van der Waals surface area contributed by atoms with E-state index in [9.17, 15) is 5.11 Å². The van der Waals surface area contributed by atoms with E-state index in [1.807, 2.05) is 41.9 Å². The van der Waals surface area contributed by atoms with Crippen LogP contribution in [-0.4, -0.2) is 50.5 Å². The number of nitrogens with zero attached hydrogens (tertiary/aromatic N) is 4. The largest absolute Gasteiger partial charge is 0.491 e. The molecule has 1 saturated heterocycles. The third-order valence-corrected chi connectivity index (χ3v) is 7.26. The Kier molecular flexibility index (Phi) is 5.66. The lowest BCUT2D eigenvalue weighted by atomic mass is 9.98. The van der Waals surface area contributed by atoms with E-state index < -0.39 is 12.3 Å². The van der Waals surface area contributed by atoms with Gasteiger partial charge < -0.3 is 30.2 Å².